The topological polar surface area (TPSA) is 17.1 Å². The molecule has 0 unspecified atom stereocenters. The maximum atomic E-state index is 11.4. The zero-order valence-corrected chi connectivity index (χ0v) is 9.11. The lowest BCUT2D eigenvalue weighted by atomic mass is 10.6. The number of rotatable bonds is 4. The van der Waals surface area contributed by atoms with E-state index in [9.17, 15) is 4.57 Å². The lowest BCUT2D eigenvalue weighted by Crippen LogP contribution is -1.85. The molecule has 0 fully saturated rings. The lowest BCUT2D eigenvalue weighted by molar-refractivity contribution is 0.584. The van der Waals surface area contributed by atoms with E-state index in [1.165, 1.54) is 0 Å². The zero-order chi connectivity index (χ0) is 7.33. The SMILES string of the molecule is CCCP(=O)(I)CCC. The van der Waals surface area contributed by atoms with E-state index in [1.54, 1.807) is 0 Å². The first-order chi connectivity index (χ1) is 4.12. The molecule has 0 aliphatic heterocycles. The van der Waals surface area contributed by atoms with Crippen LogP contribution >= 0.6 is 26.8 Å². The van der Waals surface area contributed by atoms with E-state index in [4.69, 9.17) is 0 Å². The average Bonchev–Trinajstić information content (AvgIpc) is 1.64. The van der Waals surface area contributed by atoms with Crippen LogP contribution in [-0.4, -0.2) is 12.3 Å². The summed E-state index contributed by atoms with van der Waals surface area (Å²) in [5.74, 6) is 0. The Bertz CT molecular complexity index is 104. The van der Waals surface area contributed by atoms with E-state index in [0.717, 1.165) is 25.2 Å². The van der Waals surface area contributed by atoms with Crippen LogP contribution in [0.15, 0.2) is 0 Å². The molecule has 0 aliphatic carbocycles. The average molecular weight is 260 g/mol. The Labute approximate surface area is 70.5 Å². The van der Waals surface area contributed by atoms with E-state index in [1.807, 2.05) is 0 Å². The quantitative estimate of drug-likeness (QED) is 0.558. The summed E-state index contributed by atoms with van der Waals surface area (Å²) in [6.45, 7) is 4.17. The third kappa shape index (κ3) is 5.41. The van der Waals surface area contributed by atoms with Gasteiger partial charge in [-0.15, -0.1) is 0 Å². The van der Waals surface area contributed by atoms with Crippen molar-refractivity contribution in [2.75, 3.05) is 12.3 Å². The molecular formula is C6H14IOP. The molecule has 0 saturated heterocycles. The Hall–Kier alpha value is 0.960. The largest absolute Gasteiger partial charge is 0.313 e. The zero-order valence-electron chi connectivity index (χ0n) is 6.06. The van der Waals surface area contributed by atoms with Crippen LogP contribution in [0.3, 0.4) is 0 Å². The molecule has 0 radical (unpaired) electrons. The van der Waals surface area contributed by atoms with Gasteiger partial charge < -0.3 is 4.57 Å². The van der Waals surface area contributed by atoms with Crippen LogP contribution in [0.2, 0.25) is 0 Å². The van der Waals surface area contributed by atoms with Gasteiger partial charge in [-0.1, -0.05) is 13.8 Å². The molecule has 9 heavy (non-hydrogen) atoms. The monoisotopic (exact) mass is 260 g/mol. The Balaban J connectivity index is 3.58. The maximum Gasteiger partial charge on any atom is 0.143 e. The summed E-state index contributed by atoms with van der Waals surface area (Å²) in [7, 11) is 0. The minimum Gasteiger partial charge on any atom is -0.313 e. The highest BCUT2D eigenvalue weighted by molar-refractivity contribution is 14.2. The Morgan fingerprint density at radius 2 is 1.56 bits per heavy atom. The summed E-state index contributed by atoms with van der Waals surface area (Å²) < 4.78 is 11.4. The number of halogens is 1. The molecule has 0 amide bonds. The van der Waals surface area contributed by atoms with E-state index in [0.29, 0.717) is 0 Å². The van der Waals surface area contributed by atoms with Gasteiger partial charge in [-0.05, 0) is 34.9 Å². The molecule has 3 heteroatoms. The molecule has 0 aromatic rings. The summed E-state index contributed by atoms with van der Waals surface area (Å²) >= 11 is 2.13. The fourth-order valence-corrected chi connectivity index (χ4v) is 5.23. The fraction of sp³-hybridized carbons (Fsp3) is 1.00. The summed E-state index contributed by atoms with van der Waals surface area (Å²) in [5, 5.41) is 0. The first-order valence-corrected chi connectivity index (χ1v) is 8.26. The Morgan fingerprint density at radius 3 is 1.78 bits per heavy atom. The van der Waals surface area contributed by atoms with Crippen LogP contribution in [-0.2, 0) is 4.57 Å². The second kappa shape index (κ2) is 4.73. The minimum atomic E-state index is -1.72. The van der Waals surface area contributed by atoms with Gasteiger partial charge in [0, 0.05) is 12.3 Å². The summed E-state index contributed by atoms with van der Waals surface area (Å²) in [6.07, 6.45) is 3.95. The molecule has 0 aromatic carbocycles. The van der Waals surface area contributed by atoms with E-state index < -0.39 is 4.78 Å². The summed E-state index contributed by atoms with van der Waals surface area (Å²) in [5.41, 5.74) is 0. The molecule has 0 spiro atoms. The smallest absolute Gasteiger partial charge is 0.143 e. The molecule has 56 valence electrons. The van der Waals surface area contributed by atoms with Crippen molar-refractivity contribution in [3.63, 3.8) is 0 Å². The van der Waals surface area contributed by atoms with Gasteiger partial charge in [0.2, 0.25) is 0 Å². The third-order valence-electron chi connectivity index (χ3n) is 1.12. The highest BCUT2D eigenvalue weighted by Crippen LogP contribution is 2.55. The van der Waals surface area contributed by atoms with Crippen LogP contribution in [0.25, 0.3) is 0 Å². The molecule has 0 N–H and O–H groups in total. The van der Waals surface area contributed by atoms with Crippen molar-refractivity contribution in [2.24, 2.45) is 0 Å². The van der Waals surface area contributed by atoms with Crippen molar-refractivity contribution in [3.05, 3.63) is 0 Å². The second-order valence-electron chi connectivity index (χ2n) is 2.24. The standard InChI is InChI=1S/C6H14IOP/c1-3-5-9(7,8)6-4-2/h3-6H2,1-2H3. The number of hydrogen-bond donors (Lipinski definition) is 0. The lowest BCUT2D eigenvalue weighted by Gasteiger charge is -2.06. The molecule has 0 rings (SSSR count). The van der Waals surface area contributed by atoms with Gasteiger partial charge in [0.1, 0.15) is 4.78 Å². The van der Waals surface area contributed by atoms with Crippen LogP contribution in [0, 0.1) is 0 Å². The highest BCUT2D eigenvalue weighted by atomic mass is 127. The van der Waals surface area contributed by atoms with Crippen LogP contribution < -0.4 is 0 Å². The Morgan fingerprint density at radius 1 is 1.22 bits per heavy atom. The fourth-order valence-electron chi connectivity index (χ4n) is 0.780. The molecule has 0 saturated carbocycles. The summed E-state index contributed by atoms with van der Waals surface area (Å²) in [4.78, 5) is -1.72. The molecule has 0 aliphatic rings. The maximum absolute atomic E-state index is 11.4. The normalized spacial score (nSPS) is 11.9. The Kier molecular flexibility index (Phi) is 5.23. The van der Waals surface area contributed by atoms with Crippen molar-refractivity contribution >= 4 is 26.8 Å². The molecule has 1 nitrogen and oxygen atoms in total. The van der Waals surface area contributed by atoms with Gasteiger partial charge >= 0.3 is 0 Å². The van der Waals surface area contributed by atoms with E-state index >= 15 is 0 Å². The summed E-state index contributed by atoms with van der Waals surface area (Å²) in [6, 6.07) is 0. The minimum absolute atomic E-state index is 0.918. The van der Waals surface area contributed by atoms with Gasteiger partial charge in [-0.25, -0.2) is 0 Å². The van der Waals surface area contributed by atoms with Gasteiger partial charge in [-0.3, -0.25) is 0 Å². The highest BCUT2D eigenvalue weighted by Gasteiger charge is 2.13. The third-order valence-corrected chi connectivity index (χ3v) is 6.24. The van der Waals surface area contributed by atoms with Crippen LogP contribution in [0.5, 0.6) is 0 Å². The van der Waals surface area contributed by atoms with Gasteiger partial charge in [-0.2, -0.15) is 0 Å². The predicted molar refractivity (Wildman–Crippen MR) is 51.9 cm³/mol. The molecule has 0 bridgehead atoms. The molecule has 0 atom stereocenters. The van der Waals surface area contributed by atoms with E-state index in [-0.39, 0.29) is 0 Å². The number of hydrogen-bond acceptors (Lipinski definition) is 1. The first kappa shape index (κ1) is 9.96. The van der Waals surface area contributed by atoms with Crippen LogP contribution in [0.1, 0.15) is 26.7 Å². The molecule has 0 heterocycles. The molecule has 0 aromatic heterocycles. The van der Waals surface area contributed by atoms with Crippen molar-refractivity contribution in [1.82, 2.24) is 0 Å². The van der Waals surface area contributed by atoms with Crippen molar-refractivity contribution in [1.29, 1.82) is 0 Å². The first-order valence-electron chi connectivity index (χ1n) is 3.40. The van der Waals surface area contributed by atoms with Gasteiger partial charge in [0.15, 0.2) is 0 Å². The van der Waals surface area contributed by atoms with E-state index in [2.05, 4.69) is 35.9 Å². The van der Waals surface area contributed by atoms with Crippen LogP contribution in [0.4, 0.5) is 0 Å². The van der Waals surface area contributed by atoms with Crippen molar-refractivity contribution in [2.45, 2.75) is 26.7 Å². The van der Waals surface area contributed by atoms with Crippen molar-refractivity contribution in [3.8, 4) is 0 Å². The predicted octanol–water partition coefficient (Wildman–Crippen LogP) is 3.52. The van der Waals surface area contributed by atoms with Crippen molar-refractivity contribution < 1.29 is 4.57 Å². The molecular weight excluding hydrogens is 246 g/mol. The second-order valence-corrected chi connectivity index (χ2v) is 9.99. The van der Waals surface area contributed by atoms with Gasteiger partial charge in [0.05, 0.1) is 0 Å². The van der Waals surface area contributed by atoms with Gasteiger partial charge in [0.25, 0.3) is 0 Å².